The van der Waals surface area contributed by atoms with Gasteiger partial charge >= 0.3 is 12.1 Å². The van der Waals surface area contributed by atoms with E-state index in [1.54, 1.807) is 34.6 Å². The Hall–Kier alpha value is -3.88. The van der Waals surface area contributed by atoms with E-state index in [-0.39, 0.29) is 18.4 Å². The number of nitrogens with two attached hydrogens (primary N) is 1. The molecule has 2 aromatic carbocycles. The first-order valence-electron chi connectivity index (χ1n) is 12.3. The first kappa shape index (κ1) is 27.7. The summed E-state index contributed by atoms with van der Waals surface area (Å²) in [7, 11) is 0. The maximum absolute atomic E-state index is 12.9. The van der Waals surface area contributed by atoms with Gasteiger partial charge in [-0.15, -0.1) is 0 Å². The van der Waals surface area contributed by atoms with Crippen molar-refractivity contribution in [1.82, 2.24) is 10.6 Å². The Morgan fingerprint density at radius 2 is 1.46 bits per heavy atom. The number of alkyl carbamates (subject to hydrolysis) is 1. The second-order valence-corrected chi connectivity index (χ2v) is 10.4. The topological polar surface area (TPSA) is 137 Å². The number of carbonyl (C=O) groups is 4. The smallest absolute Gasteiger partial charge is 0.407 e. The Kier molecular flexibility index (Phi) is 8.57. The molecule has 198 valence electrons. The van der Waals surface area contributed by atoms with Crippen molar-refractivity contribution in [2.75, 3.05) is 6.61 Å². The number of fused-ring (bicyclic) bond motifs is 3. The molecule has 1 aliphatic rings. The van der Waals surface area contributed by atoms with Crippen molar-refractivity contribution in [1.29, 1.82) is 0 Å². The molecule has 2 aromatic rings. The highest BCUT2D eigenvalue weighted by Crippen LogP contribution is 2.44. The van der Waals surface area contributed by atoms with Gasteiger partial charge in [0, 0.05) is 5.92 Å². The van der Waals surface area contributed by atoms with E-state index in [1.807, 2.05) is 48.5 Å². The third kappa shape index (κ3) is 7.09. The zero-order chi connectivity index (χ0) is 27.3. The standard InChI is InChI=1S/C28H35N3O6/c1-16(2)24(26(34)30-22(25(29)33)14-23(32)37-28(3,4)5)31-27(35)36-15-21-19-12-8-6-10-17(19)18-11-7-9-13-20(18)21/h6-13,16,21-22,24H,14-15H2,1-5H3,(H2,29,33)(H,30,34)(H,31,35). The van der Waals surface area contributed by atoms with Gasteiger partial charge in [-0.05, 0) is 48.9 Å². The lowest BCUT2D eigenvalue weighted by molar-refractivity contribution is -0.156. The zero-order valence-corrected chi connectivity index (χ0v) is 21.9. The summed E-state index contributed by atoms with van der Waals surface area (Å²) in [6.07, 6.45) is -1.19. The Morgan fingerprint density at radius 1 is 0.919 bits per heavy atom. The number of benzene rings is 2. The zero-order valence-electron chi connectivity index (χ0n) is 21.9. The molecule has 2 unspecified atom stereocenters. The lowest BCUT2D eigenvalue weighted by Crippen LogP contribution is -2.55. The lowest BCUT2D eigenvalue weighted by Gasteiger charge is -2.25. The molecule has 0 radical (unpaired) electrons. The monoisotopic (exact) mass is 509 g/mol. The summed E-state index contributed by atoms with van der Waals surface area (Å²) >= 11 is 0. The Balaban J connectivity index is 1.63. The van der Waals surface area contributed by atoms with E-state index in [2.05, 4.69) is 10.6 Å². The Bertz CT molecular complexity index is 1130. The molecule has 1 aliphatic carbocycles. The van der Waals surface area contributed by atoms with Gasteiger partial charge < -0.3 is 25.8 Å². The predicted octanol–water partition coefficient (Wildman–Crippen LogP) is 3.25. The maximum atomic E-state index is 12.9. The van der Waals surface area contributed by atoms with E-state index in [4.69, 9.17) is 15.2 Å². The van der Waals surface area contributed by atoms with E-state index in [9.17, 15) is 19.2 Å². The van der Waals surface area contributed by atoms with Crippen LogP contribution < -0.4 is 16.4 Å². The van der Waals surface area contributed by atoms with Crippen LogP contribution in [0.25, 0.3) is 11.1 Å². The van der Waals surface area contributed by atoms with Crippen LogP contribution in [-0.4, -0.2) is 48.2 Å². The molecule has 9 nitrogen and oxygen atoms in total. The van der Waals surface area contributed by atoms with Crippen molar-refractivity contribution in [3.05, 3.63) is 59.7 Å². The molecule has 0 aromatic heterocycles. The van der Waals surface area contributed by atoms with Crippen molar-refractivity contribution in [2.45, 2.75) is 64.6 Å². The maximum Gasteiger partial charge on any atom is 0.407 e. The van der Waals surface area contributed by atoms with Gasteiger partial charge in [-0.3, -0.25) is 14.4 Å². The number of ether oxygens (including phenoxy) is 2. The second-order valence-electron chi connectivity index (χ2n) is 10.4. The van der Waals surface area contributed by atoms with Gasteiger partial charge in [0.2, 0.25) is 11.8 Å². The van der Waals surface area contributed by atoms with Crippen LogP contribution in [0.4, 0.5) is 4.79 Å². The summed E-state index contributed by atoms with van der Waals surface area (Å²) in [5.74, 6) is -2.69. The summed E-state index contributed by atoms with van der Waals surface area (Å²) in [6, 6.07) is 13.6. The molecule has 0 saturated carbocycles. The number of amides is 3. The molecule has 3 amide bonds. The average Bonchev–Trinajstić information content (AvgIpc) is 3.13. The van der Waals surface area contributed by atoms with Gasteiger partial charge in [0.15, 0.2) is 0 Å². The van der Waals surface area contributed by atoms with E-state index >= 15 is 0 Å². The predicted molar refractivity (Wildman–Crippen MR) is 138 cm³/mol. The molecule has 0 aliphatic heterocycles. The summed E-state index contributed by atoms with van der Waals surface area (Å²) < 4.78 is 10.8. The first-order chi connectivity index (χ1) is 17.4. The molecule has 2 atom stereocenters. The van der Waals surface area contributed by atoms with E-state index in [1.165, 1.54) is 0 Å². The molecule has 0 saturated heterocycles. The van der Waals surface area contributed by atoms with Crippen molar-refractivity contribution in [3.63, 3.8) is 0 Å². The van der Waals surface area contributed by atoms with Crippen LogP contribution in [0, 0.1) is 5.92 Å². The van der Waals surface area contributed by atoms with E-state index in [0.29, 0.717) is 0 Å². The van der Waals surface area contributed by atoms with Gasteiger partial charge in [0.1, 0.15) is 24.3 Å². The average molecular weight is 510 g/mol. The summed E-state index contributed by atoms with van der Waals surface area (Å²) in [6.45, 7) is 8.64. The normalized spacial score (nSPS) is 14.2. The molecule has 9 heteroatoms. The van der Waals surface area contributed by atoms with Crippen LogP contribution in [0.5, 0.6) is 0 Å². The highest BCUT2D eigenvalue weighted by atomic mass is 16.6. The minimum atomic E-state index is -1.28. The lowest BCUT2D eigenvalue weighted by atomic mass is 9.98. The van der Waals surface area contributed by atoms with Gasteiger partial charge in [0.25, 0.3) is 0 Å². The number of primary amides is 1. The van der Waals surface area contributed by atoms with Gasteiger partial charge in [0.05, 0.1) is 6.42 Å². The molecule has 4 N–H and O–H groups in total. The highest BCUT2D eigenvalue weighted by molar-refractivity contribution is 5.93. The van der Waals surface area contributed by atoms with Crippen LogP contribution in [0.3, 0.4) is 0 Å². The van der Waals surface area contributed by atoms with Gasteiger partial charge in [-0.25, -0.2) is 4.79 Å². The van der Waals surface area contributed by atoms with Crippen LogP contribution in [0.15, 0.2) is 48.5 Å². The molecule has 3 rings (SSSR count). The number of rotatable bonds is 9. The number of hydrogen-bond acceptors (Lipinski definition) is 6. The molecular weight excluding hydrogens is 474 g/mol. The molecular formula is C28H35N3O6. The van der Waals surface area contributed by atoms with Crippen molar-refractivity contribution in [3.8, 4) is 11.1 Å². The molecule has 0 spiro atoms. The summed E-state index contributed by atoms with van der Waals surface area (Å²) in [5, 5.41) is 5.04. The third-order valence-corrected chi connectivity index (χ3v) is 6.02. The molecule has 37 heavy (non-hydrogen) atoms. The van der Waals surface area contributed by atoms with Crippen LogP contribution in [0.1, 0.15) is 58.1 Å². The van der Waals surface area contributed by atoms with Crippen LogP contribution in [0.2, 0.25) is 0 Å². The van der Waals surface area contributed by atoms with E-state index < -0.39 is 48.0 Å². The fourth-order valence-corrected chi connectivity index (χ4v) is 4.34. The number of esters is 1. The van der Waals surface area contributed by atoms with E-state index in [0.717, 1.165) is 22.3 Å². The fourth-order valence-electron chi connectivity index (χ4n) is 4.34. The Morgan fingerprint density at radius 3 is 1.95 bits per heavy atom. The number of carbonyl (C=O) groups excluding carboxylic acids is 4. The van der Waals surface area contributed by atoms with Gasteiger partial charge in [-0.1, -0.05) is 62.4 Å². The SMILES string of the molecule is CC(C)C(NC(=O)OCC1c2ccccc2-c2ccccc21)C(=O)NC(CC(=O)OC(C)(C)C)C(N)=O. The second kappa shape index (κ2) is 11.5. The minimum absolute atomic E-state index is 0.0921. The fraction of sp³-hybridized carbons (Fsp3) is 0.429. The number of nitrogens with one attached hydrogen (secondary N) is 2. The largest absolute Gasteiger partial charge is 0.460 e. The quantitative estimate of drug-likeness (QED) is 0.444. The summed E-state index contributed by atoms with van der Waals surface area (Å²) in [4.78, 5) is 49.7. The molecule has 0 heterocycles. The number of hydrogen-bond donors (Lipinski definition) is 3. The van der Waals surface area contributed by atoms with Crippen molar-refractivity contribution >= 4 is 23.9 Å². The summed E-state index contributed by atoms with van der Waals surface area (Å²) in [5.41, 5.74) is 8.99. The minimum Gasteiger partial charge on any atom is -0.460 e. The van der Waals surface area contributed by atoms with Crippen LogP contribution >= 0.6 is 0 Å². The van der Waals surface area contributed by atoms with Crippen molar-refractivity contribution < 1.29 is 28.7 Å². The molecule has 0 fully saturated rings. The first-order valence-corrected chi connectivity index (χ1v) is 12.3. The highest BCUT2D eigenvalue weighted by Gasteiger charge is 2.32. The third-order valence-electron chi connectivity index (χ3n) is 6.02. The van der Waals surface area contributed by atoms with Crippen molar-refractivity contribution in [2.24, 2.45) is 11.7 Å². The van der Waals surface area contributed by atoms with Crippen LogP contribution in [-0.2, 0) is 23.9 Å². The Labute approximate surface area is 217 Å². The van der Waals surface area contributed by atoms with Gasteiger partial charge in [-0.2, -0.15) is 0 Å². The molecule has 0 bridgehead atoms.